The van der Waals surface area contributed by atoms with E-state index in [9.17, 15) is 4.79 Å². The zero-order valence-corrected chi connectivity index (χ0v) is 11.8. The highest BCUT2D eigenvalue weighted by Gasteiger charge is 2.31. The summed E-state index contributed by atoms with van der Waals surface area (Å²) in [6.45, 7) is 3.52. The Morgan fingerprint density at radius 1 is 1.72 bits per heavy atom. The first-order chi connectivity index (χ1) is 8.63. The molecule has 98 valence electrons. The number of hydrogen-bond donors (Lipinski definition) is 2. The molecule has 0 radical (unpaired) electrons. The van der Waals surface area contributed by atoms with Crippen LogP contribution in [0.15, 0.2) is 10.7 Å². The molecule has 1 aromatic rings. The number of carbonyl (C=O) groups is 1. The highest BCUT2D eigenvalue weighted by Crippen LogP contribution is 2.30. The minimum absolute atomic E-state index is 0.273. The maximum Gasteiger partial charge on any atom is 0.240 e. The standard InChI is InChI=1S/C11H16BrN5O/c1-2-14-11-15-6-7(12)10(16-11)17-5-3-4-8(17)9(13)18/h6,8H,2-5H2,1H3,(H2,13,18)(H,14,15,16). The second-order valence-electron chi connectivity index (χ2n) is 4.15. The van der Waals surface area contributed by atoms with Gasteiger partial charge in [-0.3, -0.25) is 4.79 Å². The van der Waals surface area contributed by atoms with Crippen LogP contribution in [0.25, 0.3) is 0 Å². The van der Waals surface area contributed by atoms with Crippen molar-refractivity contribution in [2.24, 2.45) is 5.73 Å². The summed E-state index contributed by atoms with van der Waals surface area (Å²) in [6.07, 6.45) is 3.42. The Morgan fingerprint density at radius 2 is 2.50 bits per heavy atom. The van der Waals surface area contributed by atoms with Gasteiger partial charge in [0.15, 0.2) is 0 Å². The molecule has 0 saturated carbocycles. The van der Waals surface area contributed by atoms with Crippen LogP contribution in [0.2, 0.25) is 0 Å². The van der Waals surface area contributed by atoms with Crippen molar-refractivity contribution in [3.05, 3.63) is 10.7 Å². The van der Waals surface area contributed by atoms with Crippen molar-refractivity contribution in [2.75, 3.05) is 23.3 Å². The zero-order valence-electron chi connectivity index (χ0n) is 10.2. The van der Waals surface area contributed by atoms with E-state index in [0.29, 0.717) is 5.95 Å². The molecule has 3 N–H and O–H groups in total. The molecule has 18 heavy (non-hydrogen) atoms. The molecule has 7 heteroatoms. The lowest BCUT2D eigenvalue weighted by Gasteiger charge is -2.24. The summed E-state index contributed by atoms with van der Waals surface area (Å²) in [4.78, 5) is 21.9. The fraction of sp³-hybridized carbons (Fsp3) is 0.545. The van der Waals surface area contributed by atoms with Gasteiger partial charge in [-0.05, 0) is 35.7 Å². The van der Waals surface area contributed by atoms with E-state index in [1.807, 2.05) is 11.8 Å². The molecule has 1 saturated heterocycles. The highest BCUT2D eigenvalue weighted by molar-refractivity contribution is 9.10. The van der Waals surface area contributed by atoms with E-state index in [0.717, 1.165) is 36.2 Å². The van der Waals surface area contributed by atoms with Gasteiger partial charge < -0.3 is 16.0 Å². The minimum Gasteiger partial charge on any atom is -0.368 e. The molecule has 1 fully saturated rings. The van der Waals surface area contributed by atoms with E-state index in [-0.39, 0.29) is 11.9 Å². The Labute approximate surface area is 114 Å². The third-order valence-electron chi connectivity index (χ3n) is 2.91. The number of rotatable bonds is 4. The maximum atomic E-state index is 11.4. The van der Waals surface area contributed by atoms with Crippen molar-refractivity contribution in [1.29, 1.82) is 0 Å². The number of hydrogen-bond acceptors (Lipinski definition) is 5. The third-order valence-corrected chi connectivity index (χ3v) is 3.47. The number of primary amides is 1. The summed E-state index contributed by atoms with van der Waals surface area (Å²) in [5, 5.41) is 3.06. The molecule has 1 aliphatic heterocycles. The molecule has 1 aromatic heterocycles. The zero-order chi connectivity index (χ0) is 13.1. The second-order valence-corrected chi connectivity index (χ2v) is 5.00. The highest BCUT2D eigenvalue weighted by atomic mass is 79.9. The summed E-state index contributed by atoms with van der Waals surface area (Å²) in [5.74, 6) is 0.982. The molecule has 1 atom stereocenters. The van der Waals surface area contributed by atoms with Crippen LogP contribution in [0.3, 0.4) is 0 Å². The van der Waals surface area contributed by atoms with E-state index in [4.69, 9.17) is 5.73 Å². The van der Waals surface area contributed by atoms with Gasteiger partial charge in [-0.15, -0.1) is 0 Å². The summed E-state index contributed by atoms with van der Waals surface area (Å²) < 4.78 is 0.775. The average Bonchev–Trinajstić information content (AvgIpc) is 2.81. The topological polar surface area (TPSA) is 84.1 Å². The van der Waals surface area contributed by atoms with E-state index in [1.165, 1.54) is 0 Å². The van der Waals surface area contributed by atoms with Gasteiger partial charge in [-0.25, -0.2) is 4.98 Å². The predicted molar refractivity (Wildman–Crippen MR) is 73.5 cm³/mol. The van der Waals surface area contributed by atoms with Crippen LogP contribution in [0.1, 0.15) is 19.8 Å². The SMILES string of the molecule is CCNc1ncc(Br)c(N2CCCC2C(N)=O)n1. The van der Waals surface area contributed by atoms with Gasteiger partial charge in [0.05, 0.1) is 4.47 Å². The average molecular weight is 314 g/mol. The van der Waals surface area contributed by atoms with Crippen LogP contribution < -0.4 is 16.0 Å². The fourth-order valence-corrected chi connectivity index (χ4v) is 2.54. The summed E-state index contributed by atoms with van der Waals surface area (Å²) in [6, 6.07) is -0.273. The number of carbonyl (C=O) groups excluding carboxylic acids is 1. The summed E-state index contributed by atoms with van der Waals surface area (Å²) >= 11 is 3.42. The molecule has 0 bridgehead atoms. The van der Waals surface area contributed by atoms with Crippen molar-refractivity contribution in [3.63, 3.8) is 0 Å². The second kappa shape index (κ2) is 5.51. The van der Waals surface area contributed by atoms with E-state index < -0.39 is 0 Å². The normalized spacial score (nSPS) is 19.0. The molecule has 1 unspecified atom stereocenters. The number of halogens is 1. The Kier molecular flexibility index (Phi) is 4.00. The molecule has 0 aromatic carbocycles. The van der Waals surface area contributed by atoms with Crippen LogP contribution in [-0.4, -0.2) is 35.0 Å². The van der Waals surface area contributed by atoms with Crippen molar-refractivity contribution in [2.45, 2.75) is 25.8 Å². The monoisotopic (exact) mass is 313 g/mol. The van der Waals surface area contributed by atoms with Crippen LogP contribution >= 0.6 is 15.9 Å². The fourth-order valence-electron chi connectivity index (χ4n) is 2.12. The maximum absolute atomic E-state index is 11.4. The number of nitrogens with one attached hydrogen (secondary N) is 1. The molecule has 2 heterocycles. The van der Waals surface area contributed by atoms with Gasteiger partial charge in [0.2, 0.25) is 11.9 Å². The number of aromatic nitrogens is 2. The number of nitrogens with two attached hydrogens (primary N) is 1. The van der Waals surface area contributed by atoms with Crippen LogP contribution in [0.4, 0.5) is 11.8 Å². The molecule has 1 aliphatic rings. The Hall–Kier alpha value is -1.37. The molecule has 1 amide bonds. The van der Waals surface area contributed by atoms with Gasteiger partial charge in [0.1, 0.15) is 11.9 Å². The van der Waals surface area contributed by atoms with E-state index in [1.54, 1.807) is 6.20 Å². The largest absolute Gasteiger partial charge is 0.368 e. The quantitative estimate of drug-likeness (QED) is 0.870. The smallest absolute Gasteiger partial charge is 0.240 e. The molecular formula is C11H16BrN5O. The molecule has 0 aliphatic carbocycles. The van der Waals surface area contributed by atoms with Gasteiger partial charge in [0, 0.05) is 19.3 Å². The molecular weight excluding hydrogens is 298 g/mol. The van der Waals surface area contributed by atoms with Crippen molar-refractivity contribution < 1.29 is 4.79 Å². The van der Waals surface area contributed by atoms with Crippen LogP contribution in [0, 0.1) is 0 Å². The lowest BCUT2D eigenvalue weighted by Crippen LogP contribution is -2.41. The molecule has 2 rings (SSSR count). The summed E-state index contributed by atoms with van der Waals surface area (Å²) in [5.41, 5.74) is 5.42. The predicted octanol–water partition coefficient (Wildman–Crippen LogP) is 1.12. The van der Waals surface area contributed by atoms with Crippen molar-refractivity contribution in [1.82, 2.24) is 9.97 Å². The molecule has 6 nitrogen and oxygen atoms in total. The minimum atomic E-state index is -0.303. The first-order valence-corrected chi connectivity index (χ1v) is 6.75. The Bertz CT molecular complexity index is 453. The van der Waals surface area contributed by atoms with Crippen LogP contribution in [0.5, 0.6) is 0 Å². The first-order valence-electron chi connectivity index (χ1n) is 5.96. The van der Waals surface area contributed by atoms with Gasteiger partial charge >= 0.3 is 0 Å². The lowest BCUT2D eigenvalue weighted by molar-refractivity contribution is -0.119. The van der Waals surface area contributed by atoms with Gasteiger partial charge in [-0.1, -0.05) is 0 Å². The number of anilines is 2. The van der Waals surface area contributed by atoms with Gasteiger partial charge in [-0.2, -0.15) is 4.98 Å². The van der Waals surface area contributed by atoms with Gasteiger partial charge in [0.25, 0.3) is 0 Å². The Morgan fingerprint density at radius 3 is 3.17 bits per heavy atom. The van der Waals surface area contributed by atoms with Crippen molar-refractivity contribution >= 4 is 33.6 Å². The Balaban J connectivity index is 2.31. The molecule has 0 spiro atoms. The van der Waals surface area contributed by atoms with E-state index >= 15 is 0 Å². The lowest BCUT2D eigenvalue weighted by atomic mass is 10.2. The summed E-state index contributed by atoms with van der Waals surface area (Å²) in [7, 11) is 0. The van der Waals surface area contributed by atoms with Crippen LogP contribution in [-0.2, 0) is 4.79 Å². The number of nitrogens with zero attached hydrogens (tertiary/aromatic N) is 3. The first kappa shape index (κ1) is 13.1. The van der Waals surface area contributed by atoms with Crippen molar-refractivity contribution in [3.8, 4) is 0 Å². The van der Waals surface area contributed by atoms with E-state index in [2.05, 4.69) is 31.2 Å². The third kappa shape index (κ3) is 2.55. The number of amides is 1.